The zero-order valence-corrected chi connectivity index (χ0v) is 15.5. The van der Waals surface area contributed by atoms with Crippen molar-refractivity contribution < 1.29 is 14.3 Å². The van der Waals surface area contributed by atoms with Crippen LogP contribution in [0.2, 0.25) is 0 Å². The molecule has 0 aliphatic carbocycles. The summed E-state index contributed by atoms with van der Waals surface area (Å²) in [7, 11) is 1.56. The molecule has 0 bridgehead atoms. The van der Waals surface area contributed by atoms with Crippen molar-refractivity contribution in [1.82, 2.24) is 0 Å². The Morgan fingerprint density at radius 1 is 0.893 bits per heavy atom. The first-order valence-corrected chi connectivity index (χ1v) is 8.89. The Bertz CT molecular complexity index is 1000. The van der Waals surface area contributed by atoms with Crippen molar-refractivity contribution in [2.75, 3.05) is 7.11 Å². The van der Waals surface area contributed by atoms with E-state index in [4.69, 9.17) is 10.00 Å². The maximum absolute atomic E-state index is 13.2. The van der Waals surface area contributed by atoms with Crippen LogP contribution in [0.4, 0.5) is 0 Å². The smallest absolute Gasteiger partial charge is 0.170 e. The van der Waals surface area contributed by atoms with Crippen LogP contribution in [-0.2, 0) is 0 Å². The number of hydrogen-bond donors (Lipinski definition) is 0. The number of nitrogens with zero attached hydrogens (tertiary/aromatic N) is 1. The zero-order chi connectivity index (χ0) is 19.9. The van der Waals surface area contributed by atoms with Crippen LogP contribution < -0.4 is 4.74 Å². The number of carbonyl (C=O) groups excluding carboxylic acids is 2. The second kappa shape index (κ2) is 8.79. The van der Waals surface area contributed by atoms with Gasteiger partial charge in [0.05, 0.1) is 24.7 Å². The number of nitriles is 1. The fourth-order valence-corrected chi connectivity index (χ4v) is 3.04. The monoisotopic (exact) mass is 369 g/mol. The van der Waals surface area contributed by atoms with E-state index in [1.165, 1.54) is 0 Å². The van der Waals surface area contributed by atoms with Crippen LogP contribution >= 0.6 is 0 Å². The minimum absolute atomic E-state index is 0.0563. The standard InChI is InChI=1S/C24H19NO3/c1-28-21-13-11-20(12-14-21)24(27)22(18-9-7-17(16-25)8-10-18)15-23(26)19-5-3-2-4-6-19/h2-14,22H,15H2,1H3. The van der Waals surface area contributed by atoms with Crippen molar-refractivity contribution in [3.8, 4) is 11.8 Å². The summed E-state index contributed by atoms with van der Waals surface area (Å²) in [6.07, 6.45) is 0.0563. The van der Waals surface area contributed by atoms with Gasteiger partial charge in [0, 0.05) is 17.5 Å². The van der Waals surface area contributed by atoms with Gasteiger partial charge in [-0.25, -0.2) is 0 Å². The molecule has 3 rings (SSSR count). The van der Waals surface area contributed by atoms with Gasteiger partial charge >= 0.3 is 0 Å². The summed E-state index contributed by atoms with van der Waals surface area (Å²) >= 11 is 0. The summed E-state index contributed by atoms with van der Waals surface area (Å²) in [5.74, 6) is -0.214. The van der Waals surface area contributed by atoms with Gasteiger partial charge in [0.1, 0.15) is 5.75 Å². The second-order valence-electron chi connectivity index (χ2n) is 6.37. The molecule has 28 heavy (non-hydrogen) atoms. The minimum atomic E-state index is -0.631. The average molecular weight is 369 g/mol. The first-order chi connectivity index (χ1) is 13.6. The molecule has 0 aliphatic heterocycles. The van der Waals surface area contributed by atoms with E-state index >= 15 is 0 Å². The molecule has 0 saturated carbocycles. The number of Topliss-reactive ketones (excluding diaryl/α,β-unsaturated/α-hetero) is 2. The molecule has 0 radical (unpaired) electrons. The van der Waals surface area contributed by atoms with E-state index in [9.17, 15) is 9.59 Å². The third-order valence-electron chi connectivity index (χ3n) is 4.62. The SMILES string of the molecule is COc1ccc(C(=O)C(CC(=O)c2ccccc2)c2ccc(C#N)cc2)cc1. The van der Waals surface area contributed by atoms with Gasteiger partial charge < -0.3 is 4.74 Å². The summed E-state index contributed by atoms with van der Waals surface area (Å²) in [5, 5.41) is 9.01. The molecule has 0 N–H and O–H groups in total. The molecule has 3 aromatic rings. The third kappa shape index (κ3) is 4.33. The topological polar surface area (TPSA) is 67.2 Å². The van der Waals surface area contributed by atoms with Gasteiger partial charge in [-0.15, -0.1) is 0 Å². The van der Waals surface area contributed by atoms with E-state index in [2.05, 4.69) is 6.07 Å². The Hall–Kier alpha value is -3.71. The highest BCUT2D eigenvalue weighted by Gasteiger charge is 2.25. The Morgan fingerprint density at radius 3 is 2.11 bits per heavy atom. The second-order valence-corrected chi connectivity index (χ2v) is 6.37. The van der Waals surface area contributed by atoms with E-state index in [1.807, 2.05) is 6.07 Å². The van der Waals surface area contributed by atoms with Crippen LogP contribution in [0.5, 0.6) is 5.75 Å². The van der Waals surface area contributed by atoms with E-state index in [0.717, 1.165) is 0 Å². The van der Waals surface area contributed by atoms with E-state index in [1.54, 1.807) is 79.9 Å². The van der Waals surface area contributed by atoms with Crippen LogP contribution in [0.3, 0.4) is 0 Å². The molecule has 0 heterocycles. The fraction of sp³-hybridized carbons (Fsp3) is 0.125. The van der Waals surface area contributed by atoms with Gasteiger partial charge in [-0.1, -0.05) is 42.5 Å². The summed E-state index contributed by atoms with van der Waals surface area (Å²) in [5.41, 5.74) is 2.30. The van der Waals surface area contributed by atoms with E-state index in [-0.39, 0.29) is 18.0 Å². The van der Waals surface area contributed by atoms with Crippen molar-refractivity contribution >= 4 is 11.6 Å². The van der Waals surface area contributed by atoms with E-state index in [0.29, 0.717) is 28.0 Å². The highest BCUT2D eigenvalue weighted by Crippen LogP contribution is 2.27. The molecular weight excluding hydrogens is 350 g/mol. The molecule has 0 amide bonds. The number of methoxy groups -OCH3 is 1. The molecule has 4 heteroatoms. The number of hydrogen-bond acceptors (Lipinski definition) is 4. The van der Waals surface area contributed by atoms with Crippen LogP contribution in [-0.4, -0.2) is 18.7 Å². The van der Waals surface area contributed by atoms with Crippen molar-refractivity contribution in [3.63, 3.8) is 0 Å². The number of rotatable bonds is 7. The largest absolute Gasteiger partial charge is 0.497 e. The first kappa shape index (κ1) is 19.1. The molecule has 1 atom stereocenters. The van der Waals surface area contributed by atoms with Crippen LogP contribution in [0.1, 0.15) is 44.2 Å². The van der Waals surface area contributed by atoms with Gasteiger partial charge in [0.2, 0.25) is 0 Å². The lowest BCUT2D eigenvalue weighted by molar-refractivity contribution is 0.0893. The Morgan fingerprint density at radius 2 is 1.54 bits per heavy atom. The van der Waals surface area contributed by atoms with E-state index < -0.39 is 5.92 Å². The Labute approximate surface area is 164 Å². The van der Waals surface area contributed by atoms with Gasteiger partial charge in [-0.05, 0) is 42.0 Å². The summed E-state index contributed by atoms with van der Waals surface area (Å²) in [6.45, 7) is 0. The normalized spacial score (nSPS) is 11.3. The molecule has 0 spiro atoms. The lowest BCUT2D eigenvalue weighted by Gasteiger charge is -2.16. The first-order valence-electron chi connectivity index (χ1n) is 8.89. The summed E-state index contributed by atoms with van der Waals surface area (Å²) in [4.78, 5) is 26.0. The molecule has 0 fully saturated rings. The summed E-state index contributed by atoms with van der Waals surface area (Å²) < 4.78 is 5.15. The predicted octanol–water partition coefficient (Wildman–Crippen LogP) is 4.81. The maximum Gasteiger partial charge on any atom is 0.170 e. The number of benzene rings is 3. The minimum Gasteiger partial charge on any atom is -0.497 e. The van der Waals surface area contributed by atoms with Gasteiger partial charge in [-0.2, -0.15) is 5.26 Å². The van der Waals surface area contributed by atoms with Crippen LogP contribution in [0.25, 0.3) is 0 Å². The van der Waals surface area contributed by atoms with Gasteiger partial charge in [-0.3, -0.25) is 9.59 Å². The lowest BCUT2D eigenvalue weighted by atomic mass is 9.85. The quantitative estimate of drug-likeness (QED) is 0.561. The molecule has 1 unspecified atom stereocenters. The van der Waals surface area contributed by atoms with Crippen molar-refractivity contribution in [3.05, 3.63) is 101 Å². The zero-order valence-electron chi connectivity index (χ0n) is 15.5. The maximum atomic E-state index is 13.2. The number of carbonyl (C=O) groups is 2. The molecular formula is C24H19NO3. The molecule has 0 aromatic heterocycles. The Kier molecular flexibility index (Phi) is 5.98. The average Bonchev–Trinajstić information content (AvgIpc) is 2.77. The molecule has 138 valence electrons. The lowest BCUT2D eigenvalue weighted by Crippen LogP contribution is -2.17. The molecule has 0 saturated heterocycles. The Balaban J connectivity index is 1.94. The number of ether oxygens (including phenoxy) is 1. The predicted molar refractivity (Wildman–Crippen MR) is 107 cm³/mol. The fourth-order valence-electron chi connectivity index (χ4n) is 3.04. The number of ketones is 2. The third-order valence-corrected chi connectivity index (χ3v) is 4.62. The molecule has 3 aromatic carbocycles. The van der Waals surface area contributed by atoms with Crippen LogP contribution in [0.15, 0.2) is 78.9 Å². The molecule has 0 aliphatic rings. The summed E-state index contributed by atoms with van der Waals surface area (Å²) in [6, 6.07) is 24.7. The van der Waals surface area contributed by atoms with Crippen molar-refractivity contribution in [1.29, 1.82) is 5.26 Å². The van der Waals surface area contributed by atoms with Crippen molar-refractivity contribution in [2.24, 2.45) is 0 Å². The molecule has 4 nitrogen and oxygen atoms in total. The van der Waals surface area contributed by atoms with Crippen molar-refractivity contribution in [2.45, 2.75) is 12.3 Å². The van der Waals surface area contributed by atoms with Crippen LogP contribution in [0, 0.1) is 11.3 Å². The highest BCUT2D eigenvalue weighted by molar-refractivity contribution is 6.06. The van der Waals surface area contributed by atoms with Gasteiger partial charge in [0.15, 0.2) is 11.6 Å². The highest BCUT2D eigenvalue weighted by atomic mass is 16.5. The van der Waals surface area contributed by atoms with Gasteiger partial charge in [0.25, 0.3) is 0 Å².